The third kappa shape index (κ3) is 20.5. The maximum absolute atomic E-state index is 13.6. The Morgan fingerprint density at radius 1 is 0.442 bits per heavy atom. The number of benzene rings is 5. The predicted octanol–water partition coefficient (Wildman–Crippen LogP) is 13.7. The number of halogens is 4. The van der Waals surface area contributed by atoms with Gasteiger partial charge in [-0.3, -0.25) is 24.0 Å². The molecule has 3 N–H and O–H groups in total. The van der Waals surface area contributed by atoms with Gasteiger partial charge in [-0.15, -0.1) is 0 Å². The van der Waals surface area contributed by atoms with Crippen molar-refractivity contribution in [3.63, 3.8) is 0 Å². The molecule has 26 heteroatoms. The number of methoxy groups -OCH3 is 2. The van der Waals surface area contributed by atoms with Crippen molar-refractivity contribution in [1.82, 2.24) is 15.5 Å². The number of aliphatic hydroxyl groups is 1. The molecule has 5 aliphatic rings. The Balaban J connectivity index is 0.000000206. The summed E-state index contributed by atoms with van der Waals surface area (Å²) in [4.78, 5) is 75.9. The van der Waals surface area contributed by atoms with Crippen LogP contribution in [0, 0.1) is 0 Å². The standard InChI is InChI=1S/C18H34FNO4Si.C18H18FNO3.C18H19NO4.C13H26FNO2Si.C11H12FNO2/c1-11(2)25(12(3)4,13(5)6)24-15-14(10-19)20(16(15)21)17(22)23-18(7,8)9;1-22-15-9-7-14(8-10-15)20-16(11-19)17(18(20)21)23-12-13-5-3-2-4-6-13;1-22-15-9-7-14(8-10-15)19-16(11-20)17(18(19)21)23-12-13-5-3-2-4-6-13;1-8(2)18(9(3)4,10(5)6)17-12-11(7-14)15-13(12)16;12-6-9-10(11(14)13-9)15-7-8-4-2-1-3-5-8/h11-15H,10H2,1-9H3;2-10,16-17H,11-12H2,1H3;2-10,16-17,20H,11-12H2,1H3;8-12H,7H2,1-6H3,(H,15,16);1-5,9-10H,6-7H2,(H,13,14)/t14-,15+;2*16-,17+;11-,12+;9-,10+/m00000/s1. The van der Waals surface area contributed by atoms with Crippen LogP contribution in [0.15, 0.2) is 140 Å². The average molecular weight is 1490 g/mol. The van der Waals surface area contributed by atoms with E-state index in [2.05, 4.69) is 93.7 Å². The smallest absolute Gasteiger partial charge is 0.417 e. The molecule has 5 aromatic rings. The average Bonchev–Trinajstić information content (AvgIpc) is 0.756. The minimum Gasteiger partial charge on any atom is -0.497 e. The molecule has 6 amide bonds. The lowest BCUT2D eigenvalue weighted by Crippen LogP contribution is -2.71. The maximum atomic E-state index is 13.6. The Kier molecular flexibility index (Phi) is 32.1. The van der Waals surface area contributed by atoms with E-state index in [0.717, 1.165) is 33.0 Å². The second-order valence-corrected chi connectivity index (χ2v) is 39.9. The van der Waals surface area contributed by atoms with Crippen LogP contribution in [0.1, 0.15) is 121 Å². The first kappa shape index (κ1) is 85.4. The molecular weight excluding hydrogens is 1380 g/mol. The molecule has 0 radical (unpaired) electrons. The maximum Gasteiger partial charge on any atom is 0.417 e. The van der Waals surface area contributed by atoms with Gasteiger partial charge in [-0.05, 0) is 119 Å². The van der Waals surface area contributed by atoms with Crippen LogP contribution in [0.2, 0.25) is 33.2 Å². The molecule has 10 rings (SSSR count). The van der Waals surface area contributed by atoms with Crippen molar-refractivity contribution in [3.05, 3.63) is 156 Å². The van der Waals surface area contributed by atoms with E-state index in [1.807, 2.05) is 91.0 Å². The Hall–Kier alpha value is -7.57. The predicted molar refractivity (Wildman–Crippen MR) is 397 cm³/mol. The topological polar surface area (TPSA) is 230 Å². The number of likely N-dealkylation sites (tertiary alicyclic amines) is 1. The fourth-order valence-corrected chi connectivity index (χ4v) is 25.2. The quantitative estimate of drug-likeness (QED) is 0.0240. The number of aliphatic hydroxyl groups excluding tert-OH is 1. The zero-order chi connectivity index (χ0) is 77.0. The highest BCUT2D eigenvalue weighted by molar-refractivity contribution is 6.78. The minimum absolute atomic E-state index is 0.134. The highest BCUT2D eigenvalue weighted by Crippen LogP contribution is 2.46. The normalized spacial score (nSPS) is 22.0. The van der Waals surface area contributed by atoms with E-state index in [1.165, 1.54) is 4.90 Å². The number of carbonyl (C=O) groups excluding carboxylic acids is 6. The van der Waals surface area contributed by atoms with Crippen molar-refractivity contribution in [2.24, 2.45) is 0 Å². The second-order valence-electron chi connectivity index (χ2n) is 29.1. The number of imide groups is 1. The Labute approximate surface area is 613 Å². The van der Waals surface area contributed by atoms with Gasteiger partial charge in [-0.1, -0.05) is 174 Å². The van der Waals surface area contributed by atoms with Crippen LogP contribution < -0.4 is 29.9 Å². The van der Waals surface area contributed by atoms with Crippen molar-refractivity contribution in [2.75, 3.05) is 57.3 Å². The van der Waals surface area contributed by atoms with E-state index in [0.29, 0.717) is 47.9 Å². The molecule has 5 saturated heterocycles. The Bertz CT molecular complexity index is 3350. The monoisotopic (exact) mass is 1490 g/mol. The summed E-state index contributed by atoms with van der Waals surface area (Å²) in [5.41, 5.74) is 5.63. The molecule has 5 heterocycles. The lowest BCUT2D eigenvalue weighted by molar-refractivity contribution is -0.163. The van der Waals surface area contributed by atoms with E-state index in [-0.39, 0.29) is 52.9 Å². The van der Waals surface area contributed by atoms with E-state index < -0.39 is 116 Å². The van der Waals surface area contributed by atoms with Gasteiger partial charge >= 0.3 is 6.09 Å². The number of β-lactam (4-membered cyclic amide) rings is 5. The lowest BCUT2D eigenvalue weighted by atomic mass is 9.97. The number of nitrogens with one attached hydrogen (secondary N) is 2. The molecule has 5 aromatic carbocycles. The number of alkyl halides is 4. The lowest BCUT2D eigenvalue weighted by Gasteiger charge is -2.51. The van der Waals surface area contributed by atoms with Crippen molar-refractivity contribution in [2.45, 2.75) is 223 Å². The van der Waals surface area contributed by atoms with Gasteiger partial charge in [0.1, 0.15) is 68.1 Å². The van der Waals surface area contributed by atoms with Gasteiger partial charge in [0.25, 0.3) is 29.5 Å². The molecule has 0 bridgehead atoms. The molecular formula is C78H109F4N5O15Si2. The van der Waals surface area contributed by atoms with Crippen molar-refractivity contribution in [1.29, 1.82) is 0 Å². The van der Waals surface area contributed by atoms with Crippen LogP contribution in [-0.2, 0) is 71.6 Å². The first-order valence-corrected chi connectivity index (χ1v) is 39.9. The largest absolute Gasteiger partial charge is 0.497 e. The van der Waals surface area contributed by atoms with E-state index in [4.69, 9.17) is 37.3 Å². The third-order valence-corrected chi connectivity index (χ3v) is 31.6. The molecule has 0 aromatic heterocycles. The van der Waals surface area contributed by atoms with Crippen LogP contribution in [0.3, 0.4) is 0 Å². The summed E-state index contributed by atoms with van der Waals surface area (Å²) in [5, 5.41) is 14.6. The van der Waals surface area contributed by atoms with Crippen LogP contribution in [-0.4, -0.2) is 176 Å². The summed E-state index contributed by atoms with van der Waals surface area (Å²) in [6.07, 6.45) is -4.24. The summed E-state index contributed by atoms with van der Waals surface area (Å²) in [7, 11) is -1.26. The molecule has 0 saturated carbocycles. The fourth-order valence-electron chi connectivity index (χ4n) is 14.1. The van der Waals surface area contributed by atoms with Crippen LogP contribution in [0.4, 0.5) is 33.7 Å². The molecule has 5 aliphatic heterocycles. The number of rotatable bonds is 28. The van der Waals surface area contributed by atoms with Crippen molar-refractivity contribution < 1.29 is 88.7 Å². The van der Waals surface area contributed by atoms with E-state index in [9.17, 15) is 51.4 Å². The first-order chi connectivity index (χ1) is 49.3. The molecule has 0 unspecified atom stereocenters. The summed E-state index contributed by atoms with van der Waals surface area (Å²) in [6, 6.07) is 40.1. The number of amides is 6. The zero-order valence-electron chi connectivity index (χ0n) is 63.2. The fraction of sp³-hybridized carbons (Fsp3) is 0.538. The van der Waals surface area contributed by atoms with Gasteiger partial charge in [-0.25, -0.2) is 27.3 Å². The summed E-state index contributed by atoms with van der Waals surface area (Å²) in [5.74, 6) is 0.189. The number of nitrogens with zero attached hydrogens (tertiary/aromatic N) is 3. The molecule has 0 spiro atoms. The number of ether oxygens (including phenoxy) is 6. The molecule has 572 valence electrons. The SMILES string of the molecule is CC(C)[Si](O[C@H]1C(=O)N(C(=O)OC(C)(C)C)[C@H]1CF)(C(C)C)C(C)C.CC(C)[Si](O[C@H]1C(=O)N[C@H]1CF)(C(C)C)C(C)C.COc1ccc(N2C(=O)[C@H](OCc3ccccc3)[C@@H]2CF)cc1.COc1ccc(N2C(=O)[C@H](OCc3ccccc3)[C@@H]2CO)cc1.O=C1N[C@@H](CF)[C@H]1OCc1ccccc1. The van der Waals surface area contributed by atoms with Gasteiger partial charge in [0.2, 0.25) is 16.6 Å². The number of hydrogen-bond donors (Lipinski definition) is 3. The Morgan fingerprint density at radius 2 is 0.769 bits per heavy atom. The van der Waals surface area contributed by atoms with Crippen molar-refractivity contribution in [3.8, 4) is 11.5 Å². The summed E-state index contributed by atoms with van der Waals surface area (Å²) in [6.45, 7) is 29.0. The van der Waals surface area contributed by atoms with Crippen LogP contribution in [0.25, 0.3) is 0 Å². The molecule has 104 heavy (non-hydrogen) atoms. The van der Waals surface area contributed by atoms with E-state index >= 15 is 0 Å². The highest BCUT2D eigenvalue weighted by Gasteiger charge is 2.59. The molecule has 5 fully saturated rings. The van der Waals surface area contributed by atoms with Crippen LogP contribution in [0.5, 0.6) is 11.5 Å². The van der Waals surface area contributed by atoms with Crippen LogP contribution >= 0.6 is 0 Å². The molecule has 20 nitrogen and oxygen atoms in total. The second kappa shape index (κ2) is 39.2. The van der Waals surface area contributed by atoms with Gasteiger partial charge < -0.3 is 62.8 Å². The number of carbonyl (C=O) groups is 6. The van der Waals surface area contributed by atoms with Gasteiger partial charge in [0, 0.05) is 11.4 Å². The molecule has 0 aliphatic carbocycles. The summed E-state index contributed by atoms with van der Waals surface area (Å²) < 4.78 is 96.8. The minimum atomic E-state index is -2.34. The van der Waals surface area contributed by atoms with Crippen molar-refractivity contribution >= 4 is 63.6 Å². The van der Waals surface area contributed by atoms with E-state index in [1.54, 1.807) is 88.4 Å². The van der Waals surface area contributed by atoms with Gasteiger partial charge in [0.15, 0.2) is 18.3 Å². The number of anilines is 2. The summed E-state index contributed by atoms with van der Waals surface area (Å²) >= 11 is 0. The van der Waals surface area contributed by atoms with Gasteiger partial charge in [-0.2, -0.15) is 0 Å². The highest BCUT2D eigenvalue weighted by atomic mass is 28.4. The first-order valence-electron chi connectivity index (χ1n) is 35.6. The Morgan fingerprint density at radius 3 is 1.08 bits per heavy atom. The number of hydrogen-bond acceptors (Lipinski definition) is 15. The zero-order valence-corrected chi connectivity index (χ0v) is 65.2. The third-order valence-electron chi connectivity index (χ3n) is 19.4. The molecule has 10 atom stereocenters. The van der Waals surface area contributed by atoms with Gasteiger partial charge in [0.05, 0.1) is 58.8 Å².